The summed E-state index contributed by atoms with van der Waals surface area (Å²) < 4.78 is 4.89. The van der Waals surface area contributed by atoms with E-state index in [1.165, 1.54) is 44.9 Å². The first-order valence-electron chi connectivity index (χ1n) is 13.8. The lowest BCUT2D eigenvalue weighted by Crippen LogP contribution is -2.54. The molecule has 4 saturated carbocycles. The fourth-order valence-corrected chi connectivity index (χ4v) is 9.24. The van der Waals surface area contributed by atoms with Crippen LogP contribution in [0.5, 0.6) is 0 Å². The highest BCUT2D eigenvalue weighted by Crippen LogP contribution is 2.68. The molecule has 0 bridgehead atoms. The molecule has 9 atom stereocenters. The Kier molecular flexibility index (Phi) is 7.48. The quantitative estimate of drug-likeness (QED) is 0.517. The van der Waals surface area contributed by atoms with Crippen LogP contribution in [0, 0.1) is 46.3 Å². The number of hydrogen-bond acceptors (Lipinski definition) is 4. The van der Waals surface area contributed by atoms with Gasteiger partial charge in [0.2, 0.25) is 5.91 Å². The Labute approximate surface area is 200 Å². The highest BCUT2D eigenvalue weighted by molar-refractivity contribution is 5.81. The Balaban J connectivity index is 1.35. The van der Waals surface area contributed by atoms with Crippen LogP contribution in [0.1, 0.15) is 98.3 Å². The highest BCUT2D eigenvalue weighted by Gasteiger charge is 2.60. The summed E-state index contributed by atoms with van der Waals surface area (Å²) in [5, 5.41) is 13.0. The first-order chi connectivity index (χ1) is 15.7. The topological polar surface area (TPSA) is 75.6 Å². The number of aliphatic hydroxyl groups excluding tert-OH is 1. The minimum atomic E-state index is -0.363. The van der Waals surface area contributed by atoms with Gasteiger partial charge >= 0.3 is 5.97 Å². The normalized spacial score (nSPS) is 43.1. The third kappa shape index (κ3) is 4.73. The lowest BCUT2D eigenvalue weighted by molar-refractivity contribution is -0.143. The molecule has 4 rings (SSSR count). The van der Waals surface area contributed by atoms with Crippen molar-refractivity contribution in [1.29, 1.82) is 0 Å². The molecule has 5 heteroatoms. The maximum atomic E-state index is 12.3. The fraction of sp³-hybridized carbons (Fsp3) is 0.929. The molecule has 0 saturated heterocycles. The number of ether oxygens (including phenoxy) is 1. The van der Waals surface area contributed by atoms with Crippen molar-refractivity contribution >= 4 is 11.9 Å². The maximum Gasteiger partial charge on any atom is 0.325 e. The van der Waals surface area contributed by atoms with Gasteiger partial charge in [-0.25, -0.2) is 0 Å². The van der Waals surface area contributed by atoms with Crippen molar-refractivity contribution in [3.8, 4) is 0 Å². The van der Waals surface area contributed by atoms with Gasteiger partial charge in [-0.1, -0.05) is 20.8 Å². The van der Waals surface area contributed by atoms with Crippen LogP contribution in [-0.2, 0) is 14.3 Å². The van der Waals surface area contributed by atoms with Crippen LogP contribution >= 0.6 is 0 Å². The fourth-order valence-electron chi connectivity index (χ4n) is 9.24. The summed E-state index contributed by atoms with van der Waals surface area (Å²) in [5.41, 5.74) is 0.837. The Morgan fingerprint density at radius 1 is 1.03 bits per heavy atom. The molecule has 0 aromatic rings. The molecule has 0 unspecified atom stereocenters. The zero-order valence-corrected chi connectivity index (χ0v) is 21.4. The summed E-state index contributed by atoms with van der Waals surface area (Å²) in [4.78, 5) is 23.8. The number of rotatable bonds is 7. The summed E-state index contributed by atoms with van der Waals surface area (Å²) in [6, 6.07) is 0. The average Bonchev–Trinajstić information content (AvgIpc) is 3.14. The molecule has 0 spiro atoms. The van der Waals surface area contributed by atoms with Gasteiger partial charge in [-0.05, 0) is 117 Å². The van der Waals surface area contributed by atoms with Gasteiger partial charge in [-0.2, -0.15) is 0 Å². The molecule has 0 aromatic heterocycles. The summed E-state index contributed by atoms with van der Waals surface area (Å²) in [6.07, 6.45) is 12.5. The minimum Gasteiger partial charge on any atom is -0.465 e. The molecule has 5 nitrogen and oxygen atoms in total. The molecular weight excluding hydrogens is 414 g/mol. The first kappa shape index (κ1) is 25.0. The SMILES string of the molecule is CCOC(=O)CNC(=O)CC[C@@H](C)[C@H]1CC[C@H]2[C@@H]3CC[C@@H]4C[C@H](O)CC[C@]4(C)[C@H]3CC[C@]12C. The van der Waals surface area contributed by atoms with Gasteiger partial charge in [0, 0.05) is 6.42 Å². The average molecular weight is 462 g/mol. The van der Waals surface area contributed by atoms with Crippen molar-refractivity contribution < 1.29 is 19.4 Å². The summed E-state index contributed by atoms with van der Waals surface area (Å²) >= 11 is 0. The van der Waals surface area contributed by atoms with Crippen LogP contribution in [0.15, 0.2) is 0 Å². The number of hydrogen-bond donors (Lipinski definition) is 2. The smallest absolute Gasteiger partial charge is 0.325 e. The number of carbonyl (C=O) groups excluding carboxylic acids is 2. The predicted molar refractivity (Wildman–Crippen MR) is 129 cm³/mol. The zero-order chi connectivity index (χ0) is 23.8. The molecule has 188 valence electrons. The van der Waals surface area contributed by atoms with Crippen LogP contribution < -0.4 is 5.32 Å². The van der Waals surface area contributed by atoms with Gasteiger partial charge in [0.1, 0.15) is 6.54 Å². The molecule has 2 N–H and O–H groups in total. The third-order valence-electron chi connectivity index (χ3n) is 11.0. The van der Waals surface area contributed by atoms with E-state index in [4.69, 9.17) is 4.74 Å². The van der Waals surface area contributed by atoms with E-state index in [0.29, 0.717) is 35.7 Å². The number of esters is 1. The van der Waals surface area contributed by atoms with Crippen LogP contribution in [0.4, 0.5) is 0 Å². The minimum absolute atomic E-state index is 0.0237. The molecule has 4 fully saturated rings. The number of aliphatic hydroxyl groups is 1. The molecule has 4 aliphatic carbocycles. The Morgan fingerprint density at radius 3 is 2.52 bits per heavy atom. The van der Waals surface area contributed by atoms with E-state index in [2.05, 4.69) is 26.1 Å². The number of nitrogens with one attached hydrogen (secondary N) is 1. The largest absolute Gasteiger partial charge is 0.465 e. The van der Waals surface area contributed by atoms with Crippen LogP contribution in [0.25, 0.3) is 0 Å². The number of carbonyl (C=O) groups is 2. The monoisotopic (exact) mass is 461 g/mol. The zero-order valence-electron chi connectivity index (χ0n) is 21.4. The van der Waals surface area contributed by atoms with Gasteiger partial charge in [-0.3, -0.25) is 9.59 Å². The van der Waals surface area contributed by atoms with Gasteiger partial charge < -0.3 is 15.2 Å². The number of fused-ring (bicyclic) bond motifs is 5. The Bertz CT molecular complexity index is 725. The van der Waals surface area contributed by atoms with E-state index < -0.39 is 0 Å². The van der Waals surface area contributed by atoms with E-state index in [1.54, 1.807) is 6.92 Å². The van der Waals surface area contributed by atoms with Crippen LogP contribution in [0.2, 0.25) is 0 Å². The van der Waals surface area contributed by atoms with Crippen molar-refractivity contribution in [3.05, 3.63) is 0 Å². The molecule has 33 heavy (non-hydrogen) atoms. The van der Waals surface area contributed by atoms with Gasteiger partial charge in [0.25, 0.3) is 0 Å². The van der Waals surface area contributed by atoms with E-state index >= 15 is 0 Å². The molecule has 4 aliphatic rings. The van der Waals surface area contributed by atoms with E-state index in [9.17, 15) is 14.7 Å². The first-order valence-corrected chi connectivity index (χ1v) is 13.8. The standard InChI is InChI=1S/C28H47NO4/c1-5-33-26(32)17-29-25(31)11-6-18(2)22-9-10-23-21-8-7-19-16-20(30)12-14-27(19,3)24(21)13-15-28(22,23)4/h18-24,30H,5-17H2,1-4H3,(H,29,31)/t18-,19-,20-,21+,22-,23+,24+,27+,28-/m1/s1. The van der Waals surface area contributed by atoms with Crippen molar-refractivity contribution in [2.45, 2.75) is 104 Å². The second-order valence-corrected chi connectivity index (χ2v) is 12.4. The lowest BCUT2D eigenvalue weighted by atomic mass is 9.44. The lowest BCUT2D eigenvalue weighted by Gasteiger charge is -2.61. The van der Waals surface area contributed by atoms with Crippen molar-refractivity contribution in [2.75, 3.05) is 13.2 Å². The van der Waals surface area contributed by atoms with E-state index in [0.717, 1.165) is 42.9 Å². The maximum absolute atomic E-state index is 12.3. The predicted octanol–water partition coefficient (Wildman–Crippen LogP) is 5.10. The summed E-state index contributed by atoms with van der Waals surface area (Å²) in [5.74, 6) is 4.06. The molecule has 0 radical (unpaired) electrons. The van der Waals surface area contributed by atoms with E-state index in [-0.39, 0.29) is 24.5 Å². The van der Waals surface area contributed by atoms with Crippen molar-refractivity contribution in [1.82, 2.24) is 5.32 Å². The summed E-state index contributed by atoms with van der Waals surface area (Å²) in [6.45, 7) is 9.58. The number of amides is 1. The molecule has 0 heterocycles. The molecule has 1 amide bonds. The second kappa shape index (κ2) is 9.87. The third-order valence-corrected chi connectivity index (χ3v) is 11.0. The van der Waals surface area contributed by atoms with Gasteiger partial charge in [0.15, 0.2) is 0 Å². The van der Waals surface area contributed by atoms with Crippen molar-refractivity contribution in [2.24, 2.45) is 46.3 Å². The van der Waals surface area contributed by atoms with Crippen LogP contribution in [0.3, 0.4) is 0 Å². The van der Waals surface area contributed by atoms with Crippen LogP contribution in [-0.4, -0.2) is 36.2 Å². The Morgan fingerprint density at radius 2 is 1.76 bits per heavy atom. The Hall–Kier alpha value is -1.10. The molecule has 0 aliphatic heterocycles. The van der Waals surface area contributed by atoms with E-state index in [1.807, 2.05) is 0 Å². The van der Waals surface area contributed by atoms with Gasteiger partial charge in [0.05, 0.1) is 12.7 Å². The highest BCUT2D eigenvalue weighted by atomic mass is 16.5. The van der Waals surface area contributed by atoms with Crippen molar-refractivity contribution in [3.63, 3.8) is 0 Å². The van der Waals surface area contributed by atoms with Gasteiger partial charge in [-0.15, -0.1) is 0 Å². The summed E-state index contributed by atoms with van der Waals surface area (Å²) in [7, 11) is 0. The second-order valence-electron chi connectivity index (χ2n) is 12.4. The molecular formula is C28H47NO4. The molecule has 0 aromatic carbocycles.